The minimum Gasteiger partial charge on any atom is -0.477 e. The summed E-state index contributed by atoms with van der Waals surface area (Å²) in [5.41, 5.74) is 0. The summed E-state index contributed by atoms with van der Waals surface area (Å²) in [7, 11) is 0. The Labute approximate surface area is 172 Å². The number of nitrogens with zero attached hydrogens (tertiary/aromatic N) is 3. The van der Waals surface area contributed by atoms with Crippen LogP contribution in [0, 0.1) is 12.7 Å². The highest BCUT2D eigenvalue weighted by molar-refractivity contribution is 5.85. The molecule has 0 spiro atoms. The molecule has 0 N–H and O–H groups in total. The monoisotopic (exact) mass is 409 g/mol. The molecule has 1 aromatic carbocycles. The maximum Gasteiger partial charge on any atom is 0.226 e. The number of rotatable bonds is 9. The first-order valence-electron chi connectivity index (χ1n) is 9.83. The Morgan fingerprint density at radius 3 is 2.43 bits per heavy atom. The van der Waals surface area contributed by atoms with E-state index in [0.717, 1.165) is 12.8 Å². The van der Waals surface area contributed by atoms with E-state index >= 15 is 0 Å². The number of hydrogen-bond donors (Lipinski definition) is 0. The molecule has 0 amide bonds. The van der Waals surface area contributed by atoms with Crippen LogP contribution in [0.25, 0.3) is 0 Å². The van der Waals surface area contributed by atoms with Gasteiger partial charge in [0, 0.05) is 0 Å². The minimum absolute atomic E-state index is 0. The summed E-state index contributed by atoms with van der Waals surface area (Å²) in [5.74, 6) is 1.71. The molecule has 0 bridgehead atoms. The third-order valence-corrected chi connectivity index (χ3v) is 4.64. The van der Waals surface area contributed by atoms with E-state index in [0.29, 0.717) is 29.9 Å². The van der Waals surface area contributed by atoms with E-state index in [9.17, 15) is 4.39 Å². The first-order chi connectivity index (χ1) is 13.2. The van der Waals surface area contributed by atoms with Crippen LogP contribution in [0.2, 0.25) is 0 Å². The van der Waals surface area contributed by atoms with Crippen LogP contribution in [0.15, 0.2) is 30.3 Å². The van der Waals surface area contributed by atoms with Crippen molar-refractivity contribution in [3.63, 3.8) is 0 Å². The highest BCUT2D eigenvalue weighted by Gasteiger charge is 2.09. The van der Waals surface area contributed by atoms with E-state index < -0.39 is 0 Å². The molecule has 28 heavy (non-hydrogen) atoms. The second kappa shape index (κ2) is 11.8. The molecule has 1 fully saturated rings. The summed E-state index contributed by atoms with van der Waals surface area (Å²) in [5, 5.41) is 0. The Hall–Kier alpha value is -1.92. The van der Waals surface area contributed by atoms with Gasteiger partial charge in [0.2, 0.25) is 11.8 Å². The lowest BCUT2D eigenvalue weighted by molar-refractivity contribution is 0.220. The van der Waals surface area contributed by atoms with Crippen molar-refractivity contribution in [2.75, 3.05) is 26.2 Å². The van der Waals surface area contributed by atoms with Crippen LogP contribution in [-0.2, 0) is 0 Å². The number of hydrogen-bond acceptors (Lipinski definition) is 5. The first kappa shape index (κ1) is 22.4. The normalized spacial score (nSPS) is 14.4. The molecule has 0 radical (unpaired) electrons. The van der Waals surface area contributed by atoms with Gasteiger partial charge in [-0.05, 0) is 82.9 Å². The number of piperidine rings is 1. The Morgan fingerprint density at radius 1 is 0.964 bits per heavy atom. The highest BCUT2D eigenvalue weighted by atomic mass is 35.5. The number of halogens is 2. The molecule has 1 aromatic heterocycles. The van der Waals surface area contributed by atoms with E-state index in [2.05, 4.69) is 14.9 Å². The Morgan fingerprint density at radius 2 is 1.68 bits per heavy atom. The van der Waals surface area contributed by atoms with E-state index in [-0.39, 0.29) is 18.2 Å². The number of aromatic nitrogens is 2. The Kier molecular flexibility index (Phi) is 9.44. The zero-order chi connectivity index (χ0) is 18.9. The molecule has 0 unspecified atom stereocenters. The molecule has 3 rings (SSSR count). The zero-order valence-electron chi connectivity index (χ0n) is 16.4. The fraction of sp³-hybridized carbons (Fsp3) is 0.524. The molecule has 1 saturated heterocycles. The molecule has 0 aliphatic carbocycles. The minimum atomic E-state index is -0.300. The van der Waals surface area contributed by atoms with Crippen LogP contribution in [0.3, 0.4) is 0 Å². The third kappa shape index (κ3) is 7.60. The summed E-state index contributed by atoms with van der Waals surface area (Å²) in [6, 6.07) is 7.50. The molecule has 7 heteroatoms. The van der Waals surface area contributed by atoms with Crippen molar-refractivity contribution in [2.24, 2.45) is 0 Å². The molecule has 5 nitrogen and oxygen atoms in total. The van der Waals surface area contributed by atoms with Gasteiger partial charge in [-0.1, -0.05) is 6.42 Å². The molecule has 154 valence electrons. The van der Waals surface area contributed by atoms with Crippen molar-refractivity contribution in [3.05, 3.63) is 42.0 Å². The van der Waals surface area contributed by atoms with Gasteiger partial charge < -0.3 is 14.4 Å². The fourth-order valence-corrected chi connectivity index (χ4v) is 3.24. The van der Waals surface area contributed by atoms with Gasteiger partial charge >= 0.3 is 0 Å². The fourth-order valence-electron chi connectivity index (χ4n) is 3.24. The molecule has 1 aliphatic rings. The lowest BCUT2D eigenvalue weighted by Crippen LogP contribution is -2.30. The van der Waals surface area contributed by atoms with Gasteiger partial charge in [0.05, 0.1) is 12.7 Å². The number of aryl methyl sites for hydroxylation is 1. The van der Waals surface area contributed by atoms with Crippen LogP contribution in [0.1, 0.15) is 44.3 Å². The summed E-state index contributed by atoms with van der Waals surface area (Å²) in [6.45, 7) is 6.14. The van der Waals surface area contributed by atoms with E-state index in [1.165, 1.54) is 57.5 Å². The second-order valence-corrected chi connectivity index (χ2v) is 6.96. The number of unbranched alkanes of at least 4 members (excludes halogenated alkanes) is 2. The summed E-state index contributed by atoms with van der Waals surface area (Å²) >= 11 is 0. The van der Waals surface area contributed by atoms with Gasteiger partial charge in [0.15, 0.2) is 0 Å². The van der Waals surface area contributed by atoms with Crippen LogP contribution < -0.4 is 9.47 Å². The van der Waals surface area contributed by atoms with Crippen LogP contribution >= 0.6 is 12.4 Å². The largest absolute Gasteiger partial charge is 0.477 e. The van der Waals surface area contributed by atoms with Crippen LogP contribution in [-0.4, -0.2) is 41.1 Å². The Balaban J connectivity index is 0.00000280. The molecular weight excluding hydrogens is 381 g/mol. The van der Waals surface area contributed by atoms with E-state index in [1.54, 1.807) is 25.1 Å². The van der Waals surface area contributed by atoms with Gasteiger partial charge in [-0.25, -0.2) is 4.39 Å². The average molecular weight is 410 g/mol. The number of likely N-dealkylation sites (tertiary alicyclic amines) is 1. The van der Waals surface area contributed by atoms with E-state index in [4.69, 9.17) is 9.47 Å². The SMILES string of the molecule is Cc1nc(OCCCCCN2CCCCC2)cc(Oc2ccc(F)cc2)n1.Cl. The topological polar surface area (TPSA) is 47.5 Å². The second-order valence-electron chi connectivity index (χ2n) is 6.96. The molecule has 1 aliphatic heterocycles. The first-order valence-corrected chi connectivity index (χ1v) is 9.83. The maximum atomic E-state index is 13.0. The number of ether oxygens (including phenoxy) is 2. The highest BCUT2D eigenvalue weighted by Crippen LogP contribution is 2.23. The van der Waals surface area contributed by atoms with Crippen LogP contribution in [0.4, 0.5) is 4.39 Å². The van der Waals surface area contributed by atoms with Crippen LogP contribution in [0.5, 0.6) is 17.5 Å². The van der Waals surface area contributed by atoms with Crippen molar-refractivity contribution in [1.82, 2.24) is 14.9 Å². The van der Waals surface area contributed by atoms with Crippen molar-refractivity contribution in [1.29, 1.82) is 0 Å². The smallest absolute Gasteiger partial charge is 0.226 e. The maximum absolute atomic E-state index is 13.0. The average Bonchev–Trinajstić information content (AvgIpc) is 2.67. The molecule has 0 saturated carbocycles. The Bertz CT molecular complexity index is 709. The van der Waals surface area contributed by atoms with Gasteiger partial charge in [0.25, 0.3) is 0 Å². The summed E-state index contributed by atoms with van der Waals surface area (Å²) < 4.78 is 24.4. The quantitative estimate of drug-likeness (QED) is 0.534. The summed E-state index contributed by atoms with van der Waals surface area (Å²) in [6.07, 6.45) is 7.45. The summed E-state index contributed by atoms with van der Waals surface area (Å²) in [4.78, 5) is 11.1. The predicted octanol–water partition coefficient (Wildman–Crippen LogP) is 5.17. The molecular formula is C21H29ClFN3O2. The zero-order valence-corrected chi connectivity index (χ0v) is 17.2. The van der Waals surface area contributed by atoms with Crippen molar-refractivity contribution in [3.8, 4) is 17.5 Å². The number of benzene rings is 1. The molecule has 0 atom stereocenters. The van der Waals surface area contributed by atoms with E-state index in [1.807, 2.05) is 0 Å². The van der Waals surface area contributed by atoms with Gasteiger partial charge in [-0.3, -0.25) is 0 Å². The van der Waals surface area contributed by atoms with Crippen molar-refractivity contribution < 1.29 is 13.9 Å². The van der Waals surface area contributed by atoms with Gasteiger partial charge in [-0.15, -0.1) is 12.4 Å². The predicted molar refractivity (Wildman–Crippen MR) is 110 cm³/mol. The third-order valence-electron chi connectivity index (χ3n) is 4.64. The lowest BCUT2D eigenvalue weighted by atomic mass is 10.1. The van der Waals surface area contributed by atoms with Crippen molar-refractivity contribution in [2.45, 2.75) is 45.4 Å². The molecule has 2 aromatic rings. The standard InChI is InChI=1S/C21H28FN3O2.ClH/c1-17-23-20(16-21(24-17)27-19-10-8-18(22)9-11-19)26-15-7-3-6-14-25-12-4-2-5-13-25;/h8-11,16H,2-7,12-15H2,1H3;1H. The van der Waals surface area contributed by atoms with Gasteiger partial charge in [0.1, 0.15) is 17.4 Å². The lowest BCUT2D eigenvalue weighted by Gasteiger charge is -2.26. The van der Waals surface area contributed by atoms with Gasteiger partial charge in [-0.2, -0.15) is 9.97 Å². The van der Waals surface area contributed by atoms with Crippen molar-refractivity contribution >= 4 is 12.4 Å². The molecule has 2 heterocycles.